The second-order valence-corrected chi connectivity index (χ2v) is 9.31. The monoisotopic (exact) mass is 460 g/mol. The molecule has 0 saturated heterocycles. The largest absolute Gasteiger partial charge is 0.354 e. The highest BCUT2D eigenvalue weighted by molar-refractivity contribution is 7.92. The predicted molar refractivity (Wildman–Crippen MR) is 120 cm³/mol. The fourth-order valence-corrected chi connectivity index (χ4v) is 4.64. The molecule has 0 spiro atoms. The fraction of sp³-hybridized carbons (Fsp3) is 0.174. The van der Waals surface area contributed by atoms with E-state index in [4.69, 9.17) is 11.6 Å². The average molecular weight is 461 g/mol. The molecular weight excluding hydrogens is 439 g/mol. The number of amides is 1. The van der Waals surface area contributed by atoms with Crippen molar-refractivity contribution in [2.45, 2.75) is 17.7 Å². The second kappa shape index (κ2) is 9.94. The maximum absolute atomic E-state index is 13.6. The van der Waals surface area contributed by atoms with Crippen LogP contribution in [0.3, 0.4) is 0 Å². The van der Waals surface area contributed by atoms with Gasteiger partial charge in [0.25, 0.3) is 10.0 Å². The van der Waals surface area contributed by atoms with Gasteiger partial charge in [0.15, 0.2) is 0 Å². The predicted octanol–water partition coefficient (Wildman–Crippen LogP) is 4.59. The molecule has 0 aliphatic carbocycles. The lowest BCUT2D eigenvalue weighted by atomic mass is 10.0. The standard InChI is InChI=1S/C23H22ClFN2O3S/c1-17(18-8-4-2-5-9-18)15-26-23(28)16-27(19-12-13-22(25)21(24)14-19)31(29,30)20-10-6-3-7-11-20/h2-14,17H,15-16H2,1H3,(H,26,28). The van der Waals surface area contributed by atoms with Gasteiger partial charge in [-0.15, -0.1) is 0 Å². The van der Waals surface area contributed by atoms with Crippen LogP contribution >= 0.6 is 11.6 Å². The van der Waals surface area contributed by atoms with Crippen LogP contribution in [0.2, 0.25) is 5.02 Å². The Balaban J connectivity index is 1.83. The molecule has 1 atom stereocenters. The number of nitrogens with zero attached hydrogens (tertiary/aromatic N) is 1. The number of hydrogen-bond donors (Lipinski definition) is 1. The smallest absolute Gasteiger partial charge is 0.264 e. The fourth-order valence-electron chi connectivity index (χ4n) is 3.03. The van der Waals surface area contributed by atoms with Gasteiger partial charge in [0.05, 0.1) is 15.6 Å². The lowest BCUT2D eigenvalue weighted by molar-refractivity contribution is -0.119. The molecule has 1 unspecified atom stereocenters. The number of nitrogens with one attached hydrogen (secondary N) is 1. The summed E-state index contributed by atoms with van der Waals surface area (Å²) in [5.74, 6) is -1.11. The van der Waals surface area contributed by atoms with Gasteiger partial charge >= 0.3 is 0 Å². The van der Waals surface area contributed by atoms with Crippen LogP contribution in [0.25, 0.3) is 0 Å². The molecule has 31 heavy (non-hydrogen) atoms. The summed E-state index contributed by atoms with van der Waals surface area (Å²) in [5.41, 5.74) is 1.16. The molecule has 8 heteroatoms. The van der Waals surface area contributed by atoms with Crippen LogP contribution in [-0.2, 0) is 14.8 Å². The first-order chi connectivity index (χ1) is 14.8. The van der Waals surface area contributed by atoms with Crippen molar-refractivity contribution in [3.63, 3.8) is 0 Å². The molecular formula is C23H22ClFN2O3S. The second-order valence-electron chi connectivity index (χ2n) is 7.04. The zero-order valence-electron chi connectivity index (χ0n) is 16.8. The number of anilines is 1. The van der Waals surface area contributed by atoms with Crippen molar-refractivity contribution in [3.8, 4) is 0 Å². The first-order valence-corrected chi connectivity index (χ1v) is 11.5. The van der Waals surface area contributed by atoms with E-state index < -0.39 is 28.3 Å². The number of carbonyl (C=O) groups excluding carboxylic acids is 1. The summed E-state index contributed by atoms with van der Waals surface area (Å²) in [6.07, 6.45) is 0. The number of benzene rings is 3. The molecule has 3 aromatic carbocycles. The van der Waals surface area contributed by atoms with Crippen LogP contribution in [0.1, 0.15) is 18.4 Å². The van der Waals surface area contributed by atoms with Crippen LogP contribution < -0.4 is 9.62 Å². The van der Waals surface area contributed by atoms with Crippen molar-refractivity contribution in [3.05, 3.63) is 95.3 Å². The van der Waals surface area contributed by atoms with Gasteiger partial charge in [0, 0.05) is 6.54 Å². The molecule has 5 nitrogen and oxygen atoms in total. The minimum absolute atomic E-state index is 0.0147. The number of halogens is 2. The van der Waals surface area contributed by atoms with Crippen LogP contribution in [0.4, 0.5) is 10.1 Å². The van der Waals surface area contributed by atoms with E-state index in [1.807, 2.05) is 37.3 Å². The highest BCUT2D eigenvalue weighted by Crippen LogP contribution is 2.27. The zero-order chi connectivity index (χ0) is 22.4. The van der Waals surface area contributed by atoms with E-state index in [2.05, 4.69) is 5.32 Å². The molecule has 162 valence electrons. The lowest BCUT2D eigenvalue weighted by Gasteiger charge is -2.24. The van der Waals surface area contributed by atoms with Crippen LogP contribution in [-0.4, -0.2) is 27.4 Å². The Kier molecular flexibility index (Phi) is 7.30. The quantitative estimate of drug-likeness (QED) is 0.534. The third-order valence-corrected chi connectivity index (χ3v) is 6.86. The molecule has 0 saturated carbocycles. The highest BCUT2D eigenvalue weighted by atomic mass is 35.5. The van der Waals surface area contributed by atoms with E-state index >= 15 is 0 Å². The van der Waals surface area contributed by atoms with Crippen LogP contribution in [0.5, 0.6) is 0 Å². The highest BCUT2D eigenvalue weighted by Gasteiger charge is 2.27. The molecule has 1 amide bonds. The molecule has 3 rings (SSSR count). The number of hydrogen-bond acceptors (Lipinski definition) is 3. The van der Waals surface area contributed by atoms with E-state index in [-0.39, 0.29) is 21.5 Å². The van der Waals surface area contributed by atoms with Gasteiger partial charge in [-0.3, -0.25) is 9.10 Å². The first-order valence-electron chi connectivity index (χ1n) is 9.63. The van der Waals surface area contributed by atoms with Crippen LogP contribution in [0, 0.1) is 5.82 Å². The molecule has 0 aliphatic rings. The van der Waals surface area contributed by atoms with Crippen molar-refractivity contribution in [2.75, 3.05) is 17.4 Å². The lowest BCUT2D eigenvalue weighted by Crippen LogP contribution is -2.41. The van der Waals surface area contributed by atoms with Crippen molar-refractivity contribution < 1.29 is 17.6 Å². The molecule has 3 aromatic rings. The normalized spacial score (nSPS) is 12.2. The summed E-state index contributed by atoms with van der Waals surface area (Å²) < 4.78 is 41.0. The Bertz CT molecular complexity index is 1140. The Hall–Kier alpha value is -2.90. The Morgan fingerprint density at radius 3 is 2.26 bits per heavy atom. The number of rotatable bonds is 8. The Morgan fingerprint density at radius 2 is 1.65 bits per heavy atom. The average Bonchev–Trinajstić information content (AvgIpc) is 2.79. The molecule has 0 radical (unpaired) electrons. The summed E-state index contributed by atoms with van der Waals surface area (Å²) >= 11 is 5.86. The number of carbonyl (C=O) groups is 1. The maximum atomic E-state index is 13.6. The Labute approximate surface area is 186 Å². The molecule has 1 N–H and O–H groups in total. The van der Waals surface area contributed by atoms with Gasteiger partial charge in [0.1, 0.15) is 12.4 Å². The Morgan fingerprint density at radius 1 is 1.03 bits per heavy atom. The molecule has 0 aliphatic heterocycles. The van der Waals surface area contributed by atoms with Gasteiger partial charge in [-0.25, -0.2) is 12.8 Å². The molecule has 0 bridgehead atoms. The van der Waals surface area contributed by atoms with Gasteiger partial charge in [0.2, 0.25) is 5.91 Å². The van der Waals surface area contributed by atoms with E-state index in [9.17, 15) is 17.6 Å². The van der Waals surface area contributed by atoms with Gasteiger partial charge in [-0.05, 0) is 41.8 Å². The zero-order valence-corrected chi connectivity index (χ0v) is 18.4. The van der Waals surface area contributed by atoms with Crippen molar-refractivity contribution in [1.82, 2.24) is 5.32 Å². The summed E-state index contributed by atoms with van der Waals surface area (Å²) in [7, 11) is -4.08. The third-order valence-electron chi connectivity index (χ3n) is 4.78. The minimum atomic E-state index is -4.08. The topological polar surface area (TPSA) is 66.5 Å². The SMILES string of the molecule is CC(CNC(=O)CN(c1ccc(F)c(Cl)c1)S(=O)(=O)c1ccccc1)c1ccccc1. The molecule has 0 heterocycles. The summed E-state index contributed by atoms with van der Waals surface area (Å²) in [6, 6.07) is 20.9. The maximum Gasteiger partial charge on any atom is 0.264 e. The summed E-state index contributed by atoms with van der Waals surface area (Å²) in [6.45, 7) is 1.83. The van der Waals surface area contributed by atoms with Gasteiger partial charge in [-0.2, -0.15) is 0 Å². The first kappa shape index (κ1) is 22.8. The molecule has 0 aromatic heterocycles. The van der Waals surface area contributed by atoms with E-state index in [1.54, 1.807) is 18.2 Å². The van der Waals surface area contributed by atoms with Crippen LogP contribution in [0.15, 0.2) is 83.8 Å². The minimum Gasteiger partial charge on any atom is -0.354 e. The van der Waals surface area contributed by atoms with Gasteiger partial charge in [-0.1, -0.05) is 67.1 Å². The van der Waals surface area contributed by atoms with E-state index in [0.29, 0.717) is 6.54 Å². The molecule has 0 fully saturated rings. The van der Waals surface area contributed by atoms with E-state index in [1.165, 1.54) is 24.3 Å². The third kappa shape index (κ3) is 5.62. The summed E-state index contributed by atoms with van der Waals surface area (Å²) in [4.78, 5) is 12.7. The van der Waals surface area contributed by atoms with Crippen molar-refractivity contribution in [2.24, 2.45) is 0 Å². The van der Waals surface area contributed by atoms with E-state index in [0.717, 1.165) is 15.9 Å². The number of sulfonamides is 1. The summed E-state index contributed by atoms with van der Waals surface area (Å²) in [5, 5.41) is 2.55. The van der Waals surface area contributed by atoms with Gasteiger partial charge < -0.3 is 5.32 Å². The van der Waals surface area contributed by atoms with Crippen molar-refractivity contribution in [1.29, 1.82) is 0 Å². The van der Waals surface area contributed by atoms with Crippen molar-refractivity contribution >= 4 is 33.2 Å².